The molecule has 0 aliphatic carbocycles. The largest absolute Gasteiger partial charge is 0.427 e. The minimum Gasteiger partial charge on any atom is -0.427 e. The summed E-state index contributed by atoms with van der Waals surface area (Å²) in [7, 11) is 0. The van der Waals surface area contributed by atoms with Crippen molar-refractivity contribution >= 4 is 17.6 Å². The van der Waals surface area contributed by atoms with Gasteiger partial charge in [0.05, 0.1) is 0 Å². The van der Waals surface area contributed by atoms with Gasteiger partial charge in [0, 0.05) is 19.2 Å². The number of rotatable bonds is 3. The Balaban J connectivity index is 1.93. The molecule has 1 atom stereocenters. The summed E-state index contributed by atoms with van der Waals surface area (Å²) in [6, 6.07) is 6.63. The molecule has 1 amide bonds. The van der Waals surface area contributed by atoms with Gasteiger partial charge in [0.25, 0.3) is 5.91 Å². The highest BCUT2D eigenvalue weighted by molar-refractivity contribution is 5.94. The smallest absolute Gasteiger partial charge is 0.308 e. The molecule has 1 aromatic rings. The number of nitrogens with one attached hydrogen (secondary N) is 1. The van der Waals surface area contributed by atoms with Gasteiger partial charge in [-0.1, -0.05) is 0 Å². The van der Waals surface area contributed by atoms with Gasteiger partial charge in [-0.05, 0) is 37.1 Å². The van der Waals surface area contributed by atoms with Crippen molar-refractivity contribution in [3.05, 3.63) is 24.3 Å². The van der Waals surface area contributed by atoms with Crippen LogP contribution in [0.2, 0.25) is 0 Å². The molecule has 1 saturated heterocycles. The average molecular weight is 249 g/mol. The molecule has 0 bridgehead atoms. The molecule has 1 unspecified atom stereocenters. The fourth-order valence-electron chi connectivity index (χ4n) is 1.78. The molecule has 1 aliphatic rings. The molecule has 2 rings (SSSR count). The first-order chi connectivity index (χ1) is 8.65. The molecule has 0 aromatic heterocycles. The molecule has 96 valence electrons. The van der Waals surface area contributed by atoms with E-state index >= 15 is 0 Å². The summed E-state index contributed by atoms with van der Waals surface area (Å²) in [6.07, 6.45) is 1.33. The van der Waals surface area contributed by atoms with Crippen molar-refractivity contribution in [2.45, 2.75) is 25.9 Å². The zero-order valence-corrected chi connectivity index (χ0v) is 10.1. The highest BCUT2D eigenvalue weighted by atomic mass is 16.5. The summed E-state index contributed by atoms with van der Waals surface area (Å²) >= 11 is 0. The third kappa shape index (κ3) is 3.30. The minimum absolute atomic E-state index is 0.132. The first kappa shape index (κ1) is 12.6. The van der Waals surface area contributed by atoms with Crippen molar-refractivity contribution in [2.24, 2.45) is 0 Å². The number of anilines is 1. The van der Waals surface area contributed by atoms with Crippen LogP contribution in [-0.2, 0) is 14.3 Å². The molecule has 0 radical (unpaired) electrons. The number of benzene rings is 1. The van der Waals surface area contributed by atoms with Gasteiger partial charge in [0.2, 0.25) is 0 Å². The van der Waals surface area contributed by atoms with Crippen LogP contribution in [0.4, 0.5) is 5.69 Å². The molecular formula is C13H15NO4. The van der Waals surface area contributed by atoms with E-state index in [1.165, 1.54) is 6.92 Å². The van der Waals surface area contributed by atoms with Crippen molar-refractivity contribution in [3.63, 3.8) is 0 Å². The number of carbonyl (C=O) groups is 2. The van der Waals surface area contributed by atoms with Crippen LogP contribution in [0.25, 0.3) is 0 Å². The lowest BCUT2D eigenvalue weighted by atomic mass is 10.2. The predicted octanol–water partition coefficient (Wildman–Crippen LogP) is 1.73. The van der Waals surface area contributed by atoms with E-state index in [1.807, 2.05) is 0 Å². The van der Waals surface area contributed by atoms with Gasteiger partial charge in [-0.2, -0.15) is 0 Å². The molecular weight excluding hydrogens is 234 g/mol. The van der Waals surface area contributed by atoms with Crippen LogP contribution in [0.1, 0.15) is 19.8 Å². The predicted molar refractivity (Wildman–Crippen MR) is 65.4 cm³/mol. The van der Waals surface area contributed by atoms with E-state index in [0.717, 1.165) is 12.8 Å². The second kappa shape index (κ2) is 5.64. The van der Waals surface area contributed by atoms with Gasteiger partial charge in [0.1, 0.15) is 11.9 Å². The van der Waals surface area contributed by atoms with E-state index in [-0.39, 0.29) is 18.0 Å². The van der Waals surface area contributed by atoms with E-state index in [2.05, 4.69) is 5.32 Å². The van der Waals surface area contributed by atoms with Gasteiger partial charge in [-0.15, -0.1) is 0 Å². The van der Waals surface area contributed by atoms with Gasteiger partial charge in [0.15, 0.2) is 0 Å². The SMILES string of the molecule is CC(=O)Oc1ccc(NC(=O)C2CCCO2)cc1. The van der Waals surface area contributed by atoms with E-state index in [0.29, 0.717) is 18.0 Å². The standard InChI is InChI=1S/C13H15NO4/c1-9(15)18-11-6-4-10(5-7-11)14-13(16)12-3-2-8-17-12/h4-7,12H,2-3,8H2,1H3,(H,14,16). The molecule has 5 heteroatoms. The maximum absolute atomic E-state index is 11.8. The van der Waals surface area contributed by atoms with Gasteiger partial charge in [-0.25, -0.2) is 0 Å². The van der Waals surface area contributed by atoms with E-state index in [1.54, 1.807) is 24.3 Å². The second-order valence-corrected chi connectivity index (χ2v) is 4.11. The summed E-state index contributed by atoms with van der Waals surface area (Å²) in [5.41, 5.74) is 0.659. The molecule has 0 saturated carbocycles. The maximum atomic E-state index is 11.8. The Kier molecular flexibility index (Phi) is 3.94. The van der Waals surface area contributed by atoms with Gasteiger partial charge in [-0.3, -0.25) is 9.59 Å². The monoisotopic (exact) mass is 249 g/mol. The Hall–Kier alpha value is -1.88. The summed E-state index contributed by atoms with van der Waals surface area (Å²) < 4.78 is 10.2. The first-order valence-corrected chi connectivity index (χ1v) is 5.86. The Labute approximate surface area is 105 Å². The van der Waals surface area contributed by atoms with Crippen molar-refractivity contribution in [3.8, 4) is 5.75 Å². The summed E-state index contributed by atoms with van der Waals surface area (Å²) in [5.74, 6) is -0.0449. The highest BCUT2D eigenvalue weighted by Gasteiger charge is 2.23. The van der Waals surface area contributed by atoms with Crippen LogP contribution in [0, 0.1) is 0 Å². The second-order valence-electron chi connectivity index (χ2n) is 4.11. The lowest BCUT2D eigenvalue weighted by Crippen LogP contribution is -2.26. The average Bonchev–Trinajstić information content (AvgIpc) is 2.84. The number of esters is 1. The van der Waals surface area contributed by atoms with E-state index in [9.17, 15) is 9.59 Å². The lowest BCUT2D eigenvalue weighted by Gasteiger charge is -2.10. The Morgan fingerprint density at radius 1 is 1.33 bits per heavy atom. The number of carbonyl (C=O) groups excluding carboxylic acids is 2. The third-order valence-corrected chi connectivity index (χ3v) is 2.61. The van der Waals surface area contributed by atoms with Gasteiger partial charge < -0.3 is 14.8 Å². The fourth-order valence-corrected chi connectivity index (χ4v) is 1.78. The first-order valence-electron chi connectivity index (χ1n) is 5.86. The maximum Gasteiger partial charge on any atom is 0.308 e. The van der Waals surface area contributed by atoms with Crippen LogP contribution in [0.5, 0.6) is 5.75 Å². The molecule has 5 nitrogen and oxygen atoms in total. The molecule has 18 heavy (non-hydrogen) atoms. The fraction of sp³-hybridized carbons (Fsp3) is 0.385. The summed E-state index contributed by atoms with van der Waals surface area (Å²) in [5, 5.41) is 2.76. The molecule has 0 spiro atoms. The Bertz CT molecular complexity index is 435. The van der Waals surface area contributed by atoms with Crippen molar-refractivity contribution in [2.75, 3.05) is 11.9 Å². The number of ether oxygens (including phenoxy) is 2. The summed E-state index contributed by atoms with van der Waals surface area (Å²) in [4.78, 5) is 22.5. The van der Waals surface area contributed by atoms with Crippen LogP contribution < -0.4 is 10.1 Å². The molecule has 1 N–H and O–H groups in total. The third-order valence-electron chi connectivity index (χ3n) is 2.61. The topological polar surface area (TPSA) is 64.6 Å². The number of hydrogen-bond acceptors (Lipinski definition) is 4. The van der Waals surface area contributed by atoms with Crippen LogP contribution in [0.3, 0.4) is 0 Å². The zero-order valence-electron chi connectivity index (χ0n) is 10.1. The van der Waals surface area contributed by atoms with Crippen molar-refractivity contribution in [1.82, 2.24) is 0 Å². The van der Waals surface area contributed by atoms with E-state index in [4.69, 9.17) is 9.47 Å². The zero-order chi connectivity index (χ0) is 13.0. The normalized spacial score (nSPS) is 18.4. The summed E-state index contributed by atoms with van der Waals surface area (Å²) in [6.45, 7) is 1.98. The Morgan fingerprint density at radius 2 is 2.06 bits per heavy atom. The van der Waals surface area contributed by atoms with Crippen LogP contribution in [-0.4, -0.2) is 24.6 Å². The van der Waals surface area contributed by atoms with Crippen molar-refractivity contribution < 1.29 is 19.1 Å². The highest BCUT2D eigenvalue weighted by Crippen LogP contribution is 2.18. The van der Waals surface area contributed by atoms with Crippen LogP contribution in [0.15, 0.2) is 24.3 Å². The number of hydrogen-bond donors (Lipinski definition) is 1. The van der Waals surface area contributed by atoms with Gasteiger partial charge >= 0.3 is 5.97 Å². The minimum atomic E-state index is -0.369. The van der Waals surface area contributed by atoms with Crippen molar-refractivity contribution in [1.29, 1.82) is 0 Å². The molecule has 1 aromatic carbocycles. The Morgan fingerprint density at radius 3 is 2.61 bits per heavy atom. The molecule has 1 fully saturated rings. The van der Waals surface area contributed by atoms with Crippen LogP contribution >= 0.6 is 0 Å². The lowest BCUT2D eigenvalue weighted by molar-refractivity contribution is -0.132. The molecule has 1 aliphatic heterocycles. The van der Waals surface area contributed by atoms with E-state index < -0.39 is 0 Å². The molecule has 1 heterocycles. The number of amides is 1. The quantitative estimate of drug-likeness (QED) is 0.654.